The van der Waals surface area contributed by atoms with Crippen LogP contribution in [0.15, 0.2) is 40.9 Å². The van der Waals surface area contributed by atoms with E-state index in [4.69, 9.17) is 15.6 Å². The number of nitrogens with two attached hydrogens (primary N) is 1. The molecular weight excluding hydrogens is 329 g/mol. The minimum Gasteiger partial charge on any atom is -0.488 e. The van der Waals surface area contributed by atoms with Crippen LogP contribution in [0.1, 0.15) is 15.9 Å². The van der Waals surface area contributed by atoms with Crippen molar-refractivity contribution in [1.29, 1.82) is 0 Å². The van der Waals surface area contributed by atoms with E-state index < -0.39 is 11.8 Å². The molecule has 0 saturated carbocycles. The van der Waals surface area contributed by atoms with E-state index in [1.54, 1.807) is 18.2 Å². The van der Waals surface area contributed by atoms with Gasteiger partial charge in [0.15, 0.2) is 0 Å². The molecule has 3 N–H and O–H groups in total. The van der Waals surface area contributed by atoms with Gasteiger partial charge in [-0.3, -0.25) is 0 Å². The molecule has 2 rings (SSSR count). The molecule has 0 fully saturated rings. The molecule has 0 aliphatic carbocycles. The summed E-state index contributed by atoms with van der Waals surface area (Å²) >= 11 is 3.12. The summed E-state index contributed by atoms with van der Waals surface area (Å²) in [5.74, 6) is -1.43. The highest BCUT2D eigenvalue weighted by atomic mass is 79.9. The fraction of sp³-hybridized carbons (Fsp3) is 0.0714. The Kier molecular flexibility index (Phi) is 4.24. The van der Waals surface area contributed by atoms with Crippen LogP contribution in [0.3, 0.4) is 0 Å². The van der Waals surface area contributed by atoms with Crippen LogP contribution in [-0.2, 0) is 6.61 Å². The Morgan fingerprint density at radius 2 is 2.00 bits per heavy atom. The second-order valence-electron chi connectivity index (χ2n) is 4.03. The second kappa shape index (κ2) is 5.92. The summed E-state index contributed by atoms with van der Waals surface area (Å²) < 4.78 is 19.1. The minimum atomic E-state index is -1.17. The number of benzene rings is 2. The van der Waals surface area contributed by atoms with Crippen LogP contribution in [0.25, 0.3) is 0 Å². The molecule has 0 aromatic heterocycles. The number of hydrogen-bond donors (Lipinski definition) is 2. The third-order valence-electron chi connectivity index (χ3n) is 2.69. The maximum absolute atomic E-state index is 13.4. The highest BCUT2D eigenvalue weighted by molar-refractivity contribution is 9.10. The summed E-state index contributed by atoms with van der Waals surface area (Å²) in [6.07, 6.45) is 0. The average Bonchev–Trinajstić information content (AvgIpc) is 2.40. The smallest absolute Gasteiger partial charge is 0.341 e. The fourth-order valence-electron chi connectivity index (χ4n) is 1.71. The van der Waals surface area contributed by atoms with Crippen LogP contribution < -0.4 is 10.5 Å². The molecule has 0 spiro atoms. The lowest BCUT2D eigenvalue weighted by atomic mass is 10.1. The molecule has 104 valence electrons. The van der Waals surface area contributed by atoms with E-state index in [1.165, 1.54) is 18.2 Å². The standard InChI is InChI=1S/C14H11BrFNO3/c15-13-8(3-1-4-9(13)16)7-20-11-6-2-5-10(17)12(11)14(18)19/h1-6H,7,17H2,(H,18,19). The Morgan fingerprint density at radius 3 is 2.70 bits per heavy atom. The second-order valence-corrected chi connectivity index (χ2v) is 4.82. The van der Waals surface area contributed by atoms with Crippen molar-refractivity contribution in [3.05, 3.63) is 57.8 Å². The average molecular weight is 340 g/mol. The Balaban J connectivity index is 2.26. The molecule has 0 aliphatic heterocycles. The first-order valence-corrected chi connectivity index (χ1v) is 6.47. The molecule has 0 heterocycles. The van der Waals surface area contributed by atoms with Crippen molar-refractivity contribution < 1.29 is 19.0 Å². The number of nitrogen functional groups attached to an aromatic ring is 1. The number of carboxylic acids is 1. The molecule has 0 radical (unpaired) electrons. The third kappa shape index (κ3) is 2.91. The predicted molar refractivity (Wildman–Crippen MR) is 76.2 cm³/mol. The van der Waals surface area contributed by atoms with E-state index in [0.29, 0.717) is 10.0 Å². The maximum Gasteiger partial charge on any atom is 0.341 e. The van der Waals surface area contributed by atoms with Crippen LogP contribution >= 0.6 is 15.9 Å². The number of ether oxygens (including phenoxy) is 1. The summed E-state index contributed by atoms with van der Waals surface area (Å²) in [7, 11) is 0. The maximum atomic E-state index is 13.4. The molecule has 2 aromatic rings. The van der Waals surface area contributed by atoms with Gasteiger partial charge in [0.05, 0.1) is 4.47 Å². The van der Waals surface area contributed by atoms with E-state index in [1.807, 2.05) is 0 Å². The van der Waals surface area contributed by atoms with E-state index in [2.05, 4.69) is 15.9 Å². The lowest BCUT2D eigenvalue weighted by Crippen LogP contribution is -2.07. The van der Waals surface area contributed by atoms with Crippen LogP contribution in [0.4, 0.5) is 10.1 Å². The van der Waals surface area contributed by atoms with Crippen molar-refractivity contribution in [2.45, 2.75) is 6.61 Å². The van der Waals surface area contributed by atoms with Crippen molar-refractivity contribution in [3.8, 4) is 5.75 Å². The lowest BCUT2D eigenvalue weighted by Gasteiger charge is -2.12. The Bertz CT molecular complexity index is 661. The molecular formula is C14H11BrFNO3. The van der Waals surface area contributed by atoms with Gasteiger partial charge in [-0.1, -0.05) is 18.2 Å². The van der Waals surface area contributed by atoms with Gasteiger partial charge in [0.2, 0.25) is 0 Å². The first-order valence-electron chi connectivity index (χ1n) is 5.68. The van der Waals surface area contributed by atoms with Gasteiger partial charge in [0.1, 0.15) is 23.7 Å². The molecule has 0 saturated heterocycles. The first-order chi connectivity index (χ1) is 9.50. The van der Waals surface area contributed by atoms with Crippen molar-refractivity contribution in [3.63, 3.8) is 0 Å². The summed E-state index contributed by atoms with van der Waals surface area (Å²) in [4.78, 5) is 11.1. The number of halogens is 2. The first kappa shape index (κ1) is 14.3. The van der Waals surface area contributed by atoms with Crippen molar-refractivity contribution >= 4 is 27.6 Å². The quantitative estimate of drug-likeness (QED) is 0.837. The summed E-state index contributed by atoms with van der Waals surface area (Å²) in [5.41, 5.74) is 6.21. The highest BCUT2D eigenvalue weighted by Crippen LogP contribution is 2.27. The van der Waals surface area contributed by atoms with Gasteiger partial charge in [-0.25, -0.2) is 9.18 Å². The molecule has 20 heavy (non-hydrogen) atoms. The van der Waals surface area contributed by atoms with Crippen molar-refractivity contribution in [2.75, 3.05) is 5.73 Å². The number of aromatic carboxylic acids is 1. The molecule has 0 bridgehead atoms. The van der Waals surface area contributed by atoms with Crippen LogP contribution in [0, 0.1) is 5.82 Å². The van der Waals surface area contributed by atoms with Crippen LogP contribution in [0.2, 0.25) is 0 Å². The van der Waals surface area contributed by atoms with E-state index >= 15 is 0 Å². The molecule has 2 aromatic carbocycles. The topological polar surface area (TPSA) is 72.5 Å². The van der Waals surface area contributed by atoms with Gasteiger partial charge in [-0.2, -0.15) is 0 Å². The summed E-state index contributed by atoms with van der Waals surface area (Å²) in [6.45, 7) is 0.0298. The number of rotatable bonds is 4. The predicted octanol–water partition coefficient (Wildman–Crippen LogP) is 3.45. The van der Waals surface area contributed by atoms with Crippen LogP contribution in [0.5, 0.6) is 5.75 Å². The van der Waals surface area contributed by atoms with Crippen molar-refractivity contribution in [1.82, 2.24) is 0 Å². The van der Waals surface area contributed by atoms with E-state index in [-0.39, 0.29) is 23.6 Å². The lowest BCUT2D eigenvalue weighted by molar-refractivity contribution is 0.0693. The largest absolute Gasteiger partial charge is 0.488 e. The number of anilines is 1. The monoisotopic (exact) mass is 339 g/mol. The zero-order valence-corrected chi connectivity index (χ0v) is 11.9. The highest BCUT2D eigenvalue weighted by Gasteiger charge is 2.15. The van der Waals surface area contributed by atoms with Gasteiger partial charge >= 0.3 is 5.97 Å². The number of carbonyl (C=O) groups is 1. The van der Waals surface area contributed by atoms with Crippen molar-refractivity contribution in [2.24, 2.45) is 0 Å². The van der Waals surface area contributed by atoms with Gasteiger partial charge < -0.3 is 15.6 Å². The van der Waals surface area contributed by atoms with Gasteiger partial charge in [-0.15, -0.1) is 0 Å². The SMILES string of the molecule is Nc1cccc(OCc2cccc(F)c2Br)c1C(=O)O. The Hall–Kier alpha value is -2.08. The zero-order valence-electron chi connectivity index (χ0n) is 10.3. The zero-order chi connectivity index (χ0) is 14.7. The molecule has 6 heteroatoms. The van der Waals surface area contributed by atoms with Crippen LogP contribution in [-0.4, -0.2) is 11.1 Å². The molecule has 0 unspecified atom stereocenters. The molecule has 0 aliphatic rings. The number of carboxylic acid groups (broad SMARTS) is 1. The Labute approximate surface area is 123 Å². The number of hydrogen-bond acceptors (Lipinski definition) is 3. The summed E-state index contributed by atoms with van der Waals surface area (Å²) in [5, 5.41) is 9.11. The van der Waals surface area contributed by atoms with E-state index in [9.17, 15) is 9.18 Å². The summed E-state index contributed by atoms with van der Waals surface area (Å²) in [6, 6.07) is 9.13. The van der Waals surface area contributed by atoms with Gasteiger partial charge in [0.25, 0.3) is 0 Å². The van der Waals surface area contributed by atoms with Gasteiger partial charge in [0, 0.05) is 11.3 Å². The fourth-order valence-corrected chi connectivity index (χ4v) is 2.09. The minimum absolute atomic E-state index is 0.0298. The normalized spacial score (nSPS) is 10.3. The Morgan fingerprint density at radius 1 is 1.30 bits per heavy atom. The molecule has 4 nitrogen and oxygen atoms in total. The molecule has 0 atom stereocenters. The van der Waals surface area contributed by atoms with E-state index in [0.717, 1.165) is 0 Å². The molecule has 0 amide bonds. The van der Waals surface area contributed by atoms with Gasteiger partial charge in [-0.05, 0) is 34.1 Å². The third-order valence-corrected chi connectivity index (χ3v) is 3.58.